The molecule has 6 aromatic rings. The molecule has 0 amide bonds. The molecular weight excluding hydrogens is 528 g/mol. The maximum Gasteiger partial charge on any atom is 0.135 e. The molecule has 1 aromatic heterocycles. The van der Waals surface area contributed by atoms with Gasteiger partial charge in [0, 0.05) is 6.20 Å². The summed E-state index contributed by atoms with van der Waals surface area (Å²) in [5.74, 6) is 0.669. The van der Waals surface area contributed by atoms with E-state index < -0.39 is 11.1 Å². The molecule has 0 spiro atoms. The van der Waals surface area contributed by atoms with Crippen molar-refractivity contribution in [3.05, 3.63) is 180 Å². The zero-order valence-corrected chi connectivity index (χ0v) is 24.8. The van der Waals surface area contributed by atoms with Gasteiger partial charge in [-0.15, -0.1) is 0 Å². The zero-order valence-electron chi connectivity index (χ0n) is 24.8. The first-order valence-electron chi connectivity index (χ1n) is 14.7. The number of nitrogens with zero attached hydrogens (tertiary/aromatic N) is 2. The van der Waals surface area contributed by atoms with Crippen LogP contribution in [-0.2, 0) is 11.1 Å². The molecular formula is C39H36N2O2. The normalized spacial score (nSPS) is 13.0. The van der Waals surface area contributed by atoms with Crippen LogP contribution in [0.5, 0.6) is 5.75 Å². The van der Waals surface area contributed by atoms with E-state index in [1.54, 1.807) is 7.11 Å². The summed E-state index contributed by atoms with van der Waals surface area (Å²) in [4.78, 5) is 4.93. The maximum absolute atomic E-state index is 12.5. The summed E-state index contributed by atoms with van der Waals surface area (Å²) in [5.41, 5.74) is 4.80. The number of aromatic nitrogens is 2. The second-order valence-corrected chi connectivity index (χ2v) is 11.2. The van der Waals surface area contributed by atoms with Gasteiger partial charge in [-0.25, -0.2) is 4.98 Å². The SMILES string of the molecule is COc1cccc(-c2ccc(C(O)(c3cn(C(c4ccccc4)(c4ccccc4)c4ccccc4)cn3)C(C)C)cc2)c1. The van der Waals surface area contributed by atoms with Crippen LogP contribution in [0.15, 0.2) is 152 Å². The van der Waals surface area contributed by atoms with Gasteiger partial charge in [-0.2, -0.15) is 0 Å². The molecule has 4 heteroatoms. The zero-order chi connectivity index (χ0) is 29.9. The molecule has 0 aliphatic rings. The molecule has 5 aromatic carbocycles. The number of imidazole rings is 1. The molecule has 1 atom stereocenters. The highest BCUT2D eigenvalue weighted by Gasteiger charge is 2.42. The standard InChI is InChI=1S/C39H36N2O2/c1-29(2)39(42,35-24-22-30(23-25-35)31-14-13-21-36(26-31)43-3)37-27-41(28-40-37)38(32-15-7-4-8-16-32,33-17-9-5-10-18-33)34-19-11-6-12-20-34/h4-29,42H,1-3H3. The molecule has 1 heterocycles. The Morgan fingerprint density at radius 3 is 1.65 bits per heavy atom. The van der Waals surface area contributed by atoms with Gasteiger partial charge in [-0.1, -0.05) is 141 Å². The fraction of sp³-hybridized carbons (Fsp3) is 0.154. The van der Waals surface area contributed by atoms with Crippen molar-refractivity contribution in [1.29, 1.82) is 0 Å². The Hall–Kier alpha value is -4.93. The number of ether oxygens (including phenoxy) is 1. The van der Waals surface area contributed by atoms with Crippen molar-refractivity contribution in [2.45, 2.75) is 25.0 Å². The number of rotatable bonds is 9. The Balaban J connectivity index is 1.50. The Labute approximate surface area is 253 Å². The molecule has 0 radical (unpaired) electrons. The Bertz CT molecular complexity index is 1680. The molecule has 0 saturated heterocycles. The third kappa shape index (κ3) is 4.94. The van der Waals surface area contributed by atoms with Gasteiger partial charge in [-0.05, 0) is 51.4 Å². The van der Waals surface area contributed by atoms with E-state index in [2.05, 4.69) is 95.6 Å². The second-order valence-electron chi connectivity index (χ2n) is 11.2. The first kappa shape index (κ1) is 28.2. The number of hydrogen-bond donors (Lipinski definition) is 1. The van der Waals surface area contributed by atoms with Gasteiger partial charge < -0.3 is 14.4 Å². The molecule has 1 unspecified atom stereocenters. The second kappa shape index (κ2) is 11.7. The smallest absolute Gasteiger partial charge is 0.135 e. The van der Waals surface area contributed by atoms with Crippen molar-refractivity contribution in [3.8, 4) is 16.9 Å². The summed E-state index contributed by atoms with van der Waals surface area (Å²) >= 11 is 0. The molecule has 0 saturated carbocycles. The van der Waals surface area contributed by atoms with Crippen LogP contribution in [0.4, 0.5) is 0 Å². The Morgan fingerprint density at radius 2 is 1.16 bits per heavy atom. The Kier molecular flexibility index (Phi) is 7.71. The van der Waals surface area contributed by atoms with Gasteiger partial charge in [0.05, 0.1) is 19.1 Å². The van der Waals surface area contributed by atoms with Crippen LogP contribution >= 0.6 is 0 Å². The van der Waals surface area contributed by atoms with Crippen molar-refractivity contribution in [2.75, 3.05) is 7.11 Å². The van der Waals surface area contributed by atoms with E-state index in [0.29, 0.717) is 5.69 Å². The van der Waals surface area contributed by atoms with Crippen molar-refractivity contribution < 1.29 is 9.84 Å². The molecule has 4 nitrogen and oxygen atoms in total. The first-order chi connectivity index (χ1) is 21.0. The number of methoxy groups -OCH3 is 1. The molecule has 0 fully saturated rings. The fourth-order valence-corrected chi connectivity index (χ4v) is 6.18. The summed E-state index contributed by atoms with van der Waals surface area (Å²) in [6.07, 6.45) is 3.88. The van der Waals surface area contributed by atoms with E-state index in [9.17, 15) is 5.11 Å². The van der Waals surface area contributed by atoms with E-state index in [1.165, 1.54) is 0 Å². The average Bonchev–Trinajstić information content (AvgIpc) is 3.57. The van der Waals surface area contributed by atoms with E-state index >= 15 is 0 Å². The largest absolute Gasteiger partial charge is 0.497 e. The summed E-state index contributed by atoms with van der Waals surface area (Å²) in [5, 5.41) is 12.5. The molecule has 43 heavy (non-hydrogen) atoms. The van der Waals surface area contributed by atoms with Crippen LogP contribution in [0.2, 0.25) is 0 Å². The predicted octanol–water partition coefficient (Wildman–Crippen LogP) is 8.29. The number of hydrogen-bond acceptors (Lipinski definition) is 3. The summed E-state index contributed by atoms with van der Waals surface area (Å²) < 4.78 is 7.57. The van der Waals surface area contributed by atoms with Crippen LogP contribution in [0.25, 0.3) is 11.1 Å². The summed E-state index contributed by atoms with van der Waals surface area (Å²) in [6, 6.07) is 47.6. The van der Waals surface area contributed by atoms with E-state index in [1.807, 2.05) is 74.9 Å². The van der Waals surface area contributed by atoms with Gasteiger partial charge in [-0.3, -0.25) is 0 Å². The van der Waals surface area contributed by atoms with Crippen molar-refractivity contribution in [1.82, 2.24) is 9.55 Å². The molecule has 6 rings (SSSR count). The summed E-state index contributed by atoms with van der Waals surface area (Å²) in [6.45, 7) is 4.07. The minimum absolute atomic E-state index is 0.141. The van der Waals surface area contributed by atoms with Crippen LogP contribution in [0.3, 0.4) is 0 Å². The molecule has 214 valence electrons. The molecule has 0 bridgehead atoms. The first-order valence-corrected chi connectivity index (χ1v) is 14.7. The van der Waals surface area contributed by atoms with E-state index in [-0.39, 0.29) is 5.92 Å². The minimum Gasteiger partial charge on any atom is -0.497 e. The molecule has 0 aliphatic carbocycles. The minimum atomic E-state index is -1.31. The lowest BCUT2D eigenvalue weighted by atomic mass is 9.76. The topological polar surface area (TPSA) is 47.3 Å². The van der Waals surface area contributed by atoms with Crippen LogP contribution in [0.1, 0.15) is 41.8 Å². The van der Waals surface area contributed by atoms with Gasteiger partial charge >= 0.3 is 0 Å². The van der Waals surface area contributed by atoms with Gasteiger partial charge in [0.15, 0.2) is 0 Å². The van der Waals surface area contributed by atoms with Crippen molar-refractivity contribution >= 4 is 0 Å². The van der Waals surface area contributed by atoms with E-state index in [0.717, 1.165) is 39.1 Å². The highest BCUT2D eigenvalue weighted by Crippen LogP contribution is 2.43. The van der Waals surface area contributed by atoms with E-state index in [4.69, 9.17) is 9.72 Å². The number of aliphatic hydroxyl groups is 1. The van der Waals surface area contributed by atoms with Crippen molar-refractivity contribution in [3.63, 3.8) is 0 Å². The maximum atomic E-state index is 12.5. The fourth-order valence-electron chi connectivity index (χ4n) is 6.18. The molecule has 0 aliphatic heterocycles. The highest BCUT2D eigenvalue weighted by atomic mass is 16.5. The third-order valence-corrected chi connectivity index (χ3v) is 8.50. The lowest BCUT2D eigenvalue weighted by Crippen LogP contribution is -2.37. The van der Waals surface area contributed by atoms with Crippen molar-refractivity contribution in [2.24, 2.45) is 5.92 Å². The van der Waals surface area contributed by atoms with Crippen LogP contribution in [0, 0.1) is 5.92 Å². The van der Waals surface area contributed by atoms with Crippen LogP contribution in [-0.4, -0.2) is 21.8 Å². The monoisotopic (exact) mass is 564 g/mol. The highest BCUT2D eigenvalue weighted by molar-refractivity contribution is 5.65. The summed E-state index contributed by atoms with van der Waals surface area (Å²) in [7, 11) is 1.67. The molecule has 1 N–H and O–H groups in total. The number of benzene rings is 5. The lowest BCUT2D eigenvalue weighted by molar-refractivity contribution is 0.0278. The van der Waals surface area contributed by atoms with Crippen LogP contribution < -0.4 is 4.74 Å². The quantitative estimate of drug-likeness (QED) is 0.180. The van der Waals surface area contributed by atoms with Gasteiger partial charge in [0.1, 0.15) is 16.9 Å². The Morgan fingerprint density at radius 1 is 0.628 bits per heavy atom. The average molecular weight is 565 g/mol. The van der Waals surface area contributed by atoms with Gasteiger partial charge in [0.25, 0.3) is 0 Å². The third-order valence-electron chi connectivity index (χ3n) is 8.50. The lowest BCUT2D eigenvalue weighted by Gasteiger charge is -2.37. The van der Waals surface area contributed by atoms with Gasteiger partial charge in [0.2, 0.25) is 0 Å². The predicted molar refractivity (Wildman–Crippen MR) is 173 cm³/mol.